The lowest BCUT2D eigenvalue weighted by atomic mass is 9.82. The molecule has 0 heterocycles. The van der Waals surface area contributed by atoms with Gasteiger partial charge >= 0.3 is 0 Å². The fourth-order valence-electron chi connectivity index (χ4n) is 7.83. The van der Waals surface area contributed by atoms with Crippen LogP contribution in [0.1, 0.15) is 25.0 Å². The quantitative estimate of drug-likeness (QED) is 0.207. The Morgan fingerprint density at radius 2 is 0.977 bits per heavy atom. The van der Waals surface area contributed by atoms with Crippen molar-refractivity contribution in [3.63, 3.8) is 0 Å². The summed E-state index contributed by atoms with van der Waals surface area (Å²) in [6.45, 7) is 4.73. The van der Waals surface area contributed by atoms with Gasteiger partial charge in [-0.2, -0.15) is 0 Å². The number of benzene rings is 7. The molecule has 0 N–H and O–H groups in total. The normalized spacial score (nSPS) is 13.4. The Bertz CT molecular complexity index is 2260. The molecule has 7 aromatic rings. The van der Waals surface area contributed by atoms with Gasteiger partial charge in [0, 0.05) is 22.1 Å². The third-order valence-electron chi connectivity index (χ3n) is 9.81. The average Bonchev–Trinajstić information content (AvgIpc) is 3.54. The monoisotopic (exact) mass is 561 g/mol. The van der Waals surface area contributed by atoms with E-state index in [2.05, 4.69) is 170 Å². The Balaban J connectivity index is 1.42. The maximum Gasteiger partial charge on any atom is 0.0547 e. The SMILES string of the molecule is CC1(C)c2ccccc2-c2c(N(c3ccccc3-c3ccccc3)c3ccc4cccc5c4c3-c3ccccc3-5)cccc21. The van der Waals surface area contributed by atoms with Crippen LogP contribution in [0.2, 0.25) is 0 Å². The highest BCUT2D eigenvalue weighted by Gasteiger charge is 2.38. The summed E-state index contributed by atoms with van der Waals surface area (Å²) in [4.78, 5) is 2.55. The smallest absolute Gasteiger partial charge is 0.0547 e. The van der Waals surface area contributed by atoms with E-state index in [0.717, 1.165) is 0 Å². The third kappa shape index (κ3) is 3.41. The third-order valence-corrected chi connectivity index (χ3v) is 9.81. The minimum atomic E-state index is -0.0908. The lowest BCUT2D eigenvalue weighted by Crippen LogP contribution is -2.16. The van der Waals surface area contributed by atoms with Crippen molar-refractivity contribution in [3.8, 4) is 44.5 Å². The molecule has 0 saturated carbocycles. The number of anilines is 3. The van der Waals surface area contributed by atoms with Gasteiger partial charge in [0.15, 0.2) is 0 Å². The van der Waals surface area contributed by atoms with Crippen LogP contribution in [-0.4, -0.2) is 0 Å². The fraction of sp³-hybridized carbons (Fsp3) is 0.0698. The summed E-state index contributed by atoms with van der Waals surface area (Å²) in [5.41, 5.74) is 16.5. The minimum absolute atomic E-state index is 0.0908. The summed E-state index contributed by atoms with van der Waals surface area (Å²) in [6, 6.07) is 55.8. The van der Waals surface area contributed by atoms with Gasteiger partial charge < -0.3 is 4.90 Å². The van der Waals surface area contributed by atoms with E-state index in [1.807, 2.05) is 0 Å². The molecule has 0 unspecified atom stereocenters. The molecule has 0 fully saturated rings. The van der Waals surface area contributed by atoms with Crippen molar-refractivity contribution in [2.24, 2.45) is 0 Å². The van der Waals surface area contributed by atoms with Crippen LogP contribution in [0.3, 0.4) is 0 Å². The molecular formula is C43H31N. The van der Waals surface area contributed by atoms with Gasteiger partial charge in [0.1, 0.15) is 0 Å². The highest BCUT2D eigenvalue weighted by molar-refractivity contribution is 6.20. The van der Waals surface area contributed by atoms with E-state index in [-0.39, 0.29) is 5.41 Å². The molecule has 0 radical (unpaired) electrons. The lowest BCUT2D eigenvalue weighted by Gasteiger charge is -2.32. The van der Waals surface area contributed by atoms with E-state index < -0.39 is 0 Å². The molecule has 0 aliphatic heterocycles. The zero-order valence-corrected chi connectivity index (χ0v) is 24.9. The van der Waals surface area contributed by atoms with Crippen molar-refractivity contribution in [1.29, 1.82) is 0 Å². The Morgan fingerprint density at radius 3 is 1.82 bits per heavy atom. The van der Waals surface area contributed by atoms with Crippen molar-refractivity contribution >= 4 is 27.8 Å². The molecule has 0 amide bonds. The molecule has 0 aromatic heterocycles. The van der Waals surface area contributed by atoms with E-state index >= 15 is 0 Å². The van der Waals surface area contributed by atoms with Crippen molar-refractivity contribution in [2.45, 2.75) is 19.3 Å². The van der Waals surface area contributed by atoms with Crippen LogP contribution in [-0.2, 0) is 5.41 Å². The molecule has 0 spiro atoms. The van der Waals surface area contributed by atoms with Gasteiger partial charge in [-0.05, 0) is 67.9 Å². The molecule has 1 heteroatoms. The minimum Gasteiger partial charge on any atom is -0.309 e. The molecule has 9 rings (SSSR count). The molecule has 208 valence electrons. The van der Waals surface area contributed by atoms with Crippen molar-refractivity contribution in [2.75, 3.05) is 4.90 Å². The van der Waals surface area contributed by atoms with Crippen LogP contribution >= 0.6 is 0 Å². The summed E-state index contributed by atoms with van der Waals surface area (Å²) >= 11 is 0. The van der Waals surface area contributed by atoms with Gasteiger partial charge in [-0.15, -0.1) is 0 Å². The molecule has 0 saturated heterocycles. The molecule has 2 aliphatic carbocycles. The second-order valence-electron chi connectivity index (χ2n) is 12.5. The van der Waals surface area contributed by atoms with E-state index in [4.69, 9.17) is 0 Å². The first-order chi connectivity index (χ1) is 21.6. The molecule has 2 aliphatic rings. The number of hydrogen-bond acceptors (Lipinski definition) is 1. The lowest BCUT2D eigenvalue weighted by molar-refractivity contribution is 0.660. The number of nitrogens with zero attached hydrogens (tertiary/aromatic N) is 1. The maximum atomic E-state index is 2.55. The maximum absolute atomic E-state index is 2.55. The Labute approximate surface area is 258 Å². The Hall–Kier alpha value is -5.40. The zero-order valence-electron chi connectivity index (χ0n) is 24.9. The predicted molar refractivity (Wildman–Crippen MR) is 186 cm³/mol. The molecule has 1 nitrogen and oxygen atoms in total. The molecule has 0 atom stereocenters. The van der Waals surface area contributed by atoms with Crippen LogP contribution in [0.4, 0.5) is 17.1 Å². The summed E-state index contributed by atoms with van der Waals surface area (Å²) in [6.07, 6.45) is 0. The predicted octanol–water partition coefficient (Wildman–Crippen LogP) is 11.9. The number of para-hydroxylation sites is 1. The number of rotatable bonds is 4. The van der Waals surface area contributed by atoms with Crippen LogP contribution in [0.25, 0.3) is 55.3 Å². The van der Waals surface area contributed by atoms with E-state index in [9.17, 15) is 0 Å². The number of fused-ring (bicyclic) bond motifs is 6. The van der Waals surface area contributed by atoms with Gasteiger partial charge in [-0.25, -0.2) is 0 Å². The molecular weight excluding hydrogens is 530 g/mol. The zero-order chi connectivity index (χ0) is 29.4. The highest BCUT2D eigenvalue weighted by Crippen LogP contribution is 2.58. The van der Waals surface area contributed by atoms with Gasteiger partial charge in [0.2, 0.25) is 0 Å². The average molecular weight is 562 g/mol. The summed E-state index contributed by atoms with van der Waals surface area (Å²) < 4.78 is 0. The molecule has 7 aromatic carbocycles. The van der Waals surface area contributed by atoms with E-state index in [0.29, 0.717) is 0 Å². The van der Waals surface area contributed by atoms with Crippen LogP contribution in [0.5, 0.6) is 0 Å². The first-order valence-electron chi connectivity index (χ1n) is 15.5. The largest absolute Gasteiger partial charge is 0.309 e. The standard InChI is InChI=1S/C43H31N/c1-43(2)35-22-10-8-20-34(35)41-36(43)23-13-25-38(41)44(37-24-11-9-17-30(37)28-14-4-3-5-15-28)39-27-26-29-16-12-21-32-31-18-6-7-19-33(31)42(39)40(29)32/h3-27H,1-2H3. The Kier molecular flexibility index (Phi) is 5.31. The summed E-state index contributed by atoms with van der Waals surface area (Å²) in [7, 11) is 0. The second-order valence-corrected chi connectivity index (χ2v) is 12.5. The first-order valence-corrected chi connectivity index (χ1v) is 15.5. The van der Waals surface area contributed by atoms with Crippen molar-refractivity contribution < 1.29 is 0 Å². The van der Waals surface area contributed by atoms with Crippen LogP contribution in [0.15, 0.2) is 152 Å². The summed E-state index contributed by atoms with van der Waals surface area (Å²) in [5.74, 6) is 0. The highest BCUT2D eigenvalue weighted by atomic mass is 15.2. The van der Waals surface area contributed by atoms with Gasteiger partial charge in [0.05, 0.1) is 17.1 Å². The van der Waals surface area contributed by atoms with Crippen molar-refractivity contribution in [1.82, 2.24) is 0 Å². The summed E-state index contributed by atoms with van der Waals surface area (Å²) in [5, 5.41) is 2.61. The topological polar surface area (TPSA) is 3.24 Å². The van der Waals surface area contributed by atoms with Gasteiger partial charge in [-0.3, -0.25) is 0 Å². The Morgan fingerprint density at radius 1 is 0.386 bits per heavy atom. The first kappa shape index (κ1) is 25.1. The van der Waals surface area contributed by atoms with Crippen molar-refractivity contribution in [3.05, 3.63) is 163 Å². The van der Waals surface area contributed by atoms with Gasteiger partial charge in [0.25, 0.3) is 0 Å². The van der Waals surface area contributed by atoms with E-state index in [1.54, 1.807) is 0 Å². The fourth-order valence-corrected chi connectivity index (χ4v) is 7.83. The number of hydrogen-bond donors (Lipinski definition) is 0. The second kappa shape index (κ2) is 9.30. The van der Waals surface area contributed by atoms with Crippen LogP contribution < -0.4 is 4.90 Å². The van der Waals surface area contributed by atoms with E-state index in [1.165, 1.54) is 83.5 Å². The van der Waals surface area contributed by atoms with Gasteiger partial charge in [-0.1, -0.05) is 147 Å². The van der Waals surface area contributed by atoms with Crippen LogP contribution in [0, 0.1) is 0 Å². The molecule has 0 bridgehead atoms. The molecule has 44 heavy (non-hydrogen) atoms.